The number of nitrogens with zero attached hydrogens (tertiary/aromatic N) is 2. The number of carbonyl (C=O) groups is 1. The van der Waals surface area contributed by atoms with Crippen LogP contribution in [-0.2, 0) is 0 Å². The number of nitrogens with one attached hydrogen (secondary N) is 1. The summed E-state index contributed by atoms with van der Waals surface area (Å²) in [5, 5.41) is 2.79. The van der Waals surface area contributed by atoms with Crippen LogP contribution in [0, 0.1) is 13.8 Å². The van der Waals surface area contributed by atoms with E-state index in [0.29, 0.717) is 22.8 Å². The zero-order chi connectivity index (χ0) is 13.8. The van der Waals surface area contributed by atoms with Crippen LogP contribution in [-0.4, -0.2) is 23.0 Å². The Labute approximate surface area is 111 Å². The predicted octanol–water partition coefficient (Wildman–Crippen LogP) is 2.35. The first kappa shape index (κ1) is 13.0. The Balaban J connectivity index is 2.23. The maximum absolute atomic E-state index is 12.1. The van der Waals surface area contributed by atoms with Gasteiger partial charge in [0.2, 0.25) is 0 Å². The molecule has 0 aliphatic rings. The summed E-state index contributed by atoms with van der Waals surface area (Å²) in [6, 6.07) is 5.59. The zero-order valence-electron chi connectivity index (χ0n) is 11.1. The fourth-order valence-corrected chi connectivity index (χ4v) is 1.62. The highest BCUT2D eigenvalue weighted by atomic mass is 16.5. The van der Waals surface area contributed by atoms with Gasteiger partial charge in [-0.25, -0.2) is 9.97 Å². The SMILES string of the molecule is COc1ccc(C)cc1NC(=O)c1cnc(C)nc1. The molecule has 0 bridgehead atoms. The van der Waals surface area contributed by atoms with E-state index in [2.05, 4.69) is 15.3 Å². The highest BCUT2D eigenvalue weighted by molar-refractivity contribution is 6.04. The van der Waals surface area contributed by atoms with Crippen LogP contribution in [0.15, 0.2) is 30.6 Å². The third-order valence-electron chi connectivity index (χ3n) is 2.65. The van der Waals surface area contributed by atoms with E-state index in [4.69, 9.17) is 4.74 Å². The number of aromatic nitrogens is 2. The van der Waals surface area contributed by atoms with Crippen molar-refractivity contribution in [2.45, 2.75) is 13.8 Å². The number of amides is 1. The quantitative estimate of drug-likeness (QED) is 0.916. The van der Waals surface area contributed by atoms with Gasteiger partial charge in [-0.2, -0.15) is 0 Å². The molecule has 0 saturated heterocycles. The molecule has 0 fully saturated rings. The lowest BCUT2D eigenvalue weighted by Crippen LogP contribution is -2.13. The molecule has 2 aromatic rings. The van der Waals surface area contributed by atoms with Crippen molar-refractivity contribution in [3.8, 4) is 5.75 Å². The van der Waals surface area contributed by atoms with E-state index in [1.165, 1.54) is 12.4 Å². The van der Waals surface area contributed by atoms with Gasteiger partial charge in [-0.1, -0.05) is 6.07 Å². The first-order valence-corrected chi connectivity index (χ1v) is 5.85. The van der Waals surface area contributed by atoms with Crippen molar-refractivity contribution in [1.82, 2.24) is 9.97 Å². The molecule has 0 atom stereocenters. The van der Waals surface area contributed by atoms with Crippen LogP contribution in [0.3, 0.4) is 0 Å². The minimum absolute atomic E-state index is 0.260. The van der Waals surface area contributed by atoms with Gasteiger partial charge in [0.25, 0.3) is 5.91 Å². The molecule has 1 heterocycles. The molecule has 1 amide bonds. The summed E-state index contributed by atoms with van der Waals surface area (Å²) < 4.78 is 5.21. The highest BCUT2D eigenvalue weighted by Crippen LogP contribution is 2.25. The smallest absolute Gasteiger partial charge is 0.258 e. The van der Waals surface area contributed by atoms with Crippen LogP contribution in [0.1, 0.15) is 21.7 Å². The molecular formula is C14H15N3O2. The van der Waals surface area contributed by atoms with Crippen molar-refractivity contribution in [2.24, 2.45) is 0 Å². The van der Waals surface area contributed by atoms with E-state index in [0.717, 1.165) is 5.56 Å². The first-order valence-electron chi connectivity index (χ1n) is 5.85. The van der Waals surface area contributed by atoms with Crippen LogP contribution in [0.25, 0.3) is 0 Å². The normalized spacial score (nSPS) is 10.1. The molecule has 1 N–H and O–H groups in total. The second kappa shape index (κ2) is 5.48. The Kier molecular flexibility index (Phi) is 3.75. The molecule has 5 nitrogen and oxygen atoms in total. The highest BCUT2D eigenvalue weighted by Gasteiger charge is 2.10. The van der Waals surface area contributed by atoms with Crippen molar-refractivity contribution in [3.05, 3.63) is 47.5 Å². The van der Waals surface area contributed by atoms with Gasteiger partial charge >= 0.3 is 0 Å². The molecule has 0 aliphatic carbocycles. The molecule has 1 aromatic heterocycles. The maximum Gasteiger partial charge on any atom is 0.258 e. The van der Waals surface area contributed by atoms with E-state index in [9.17, 15) is 4.79 Å². The number of anilines is 1. The topological polar surface area (TPSA) is 64.1 Å². The number of rotatable bonds is 3. The molecule has 98 valence electrons. The van der Waals surface area contributed by atoms with Crippen LogP contribution in [0.4, 0.5) is 5.69 Å². The summed E-state index contributed by atoms with van der Waals surface area (Å²) in [6.07, 6.45) is 3.00. The van der Waals surface area contributed by atoms with Crippen LogP contribution in [0.2, 0.25) is 0 Å². The van der Waals surface area contributed by atoms with Crippen molar-refractivity contribution in [1.29, 1.82) is 0 Å². The van der Waals surface area contributed by atoms with Gasteiger partial charge in [0.05, 0.1) is 18.4 Å². The summed E-state index contributed by atoms with van der Waals surface area (Å²) in [7, 11) is 1.56. The van der Waals surface area contributed by atoms with Gasteiger partial charge in [0.1, 0.15) is 11.6 Å². The minimum atomic E-state index is -0.260. The Bertz CT molecular complexity index is 594. The third kappa shape index (κ3) is 3.07. The number of ether oxygens (including phenoxy) is 1. The van der Waals surface area contributed by atoms with E-state index in [1.807, 2.05) is 25.1 Å². The lowest BCUT2D eigenvalue weighted by molar-refractivity contribution is 0.102. The summed E-state index contributed by atoms with van der Waals surface area (Å²) in [4.78, 5) is 20.1. The largest absolute Gasteiger partial charge is 0.495 e. The Morgan fingerprint density at radius 2 is 1.89 bits per heavy atom. The third-order valence-corrected chi connectivity index (χ3v) is 2.65. The Morgan fingerprint density at radius 1 is 1.21 bits per heavy atom. The van der Waals surface area contributed by atoms with Gasteiger partial charge < -0.3 is 10.1 Å². The van der Waals surface area contributed by atoms with E-state index in [-0.39, 0.29) is 5.91 Å². The molecule has 0 radical (unpaired) electrons. The van der Waals surface area contributed by atoms with Crippen LogP contribution in [0.5, 0.6) is 5.75 Å². The van der Waals surface area contributed by atoms with E-state index >= 15 is 0 Å². The van der Waals surface area contributed by atoms with Gasteiger partial charge in [-0.05, 0) is 31.5 Å². The molecule has 0 saturated carbocycles. The van der Waals surface area contributed by atoms with Gasteiger partial charge in [0, 0.05) is 12.4 Å². The molecule has 19 heavy (non-hydrogen) atoms. The molecule has 0 aliphatic heterocycles. The standard InChI is InChI=1S/C14H15N3O2/c1-9-4-5-13(19-3)12(6-9)17-14(18)11-7-15-10(2)16-8-11/h4-8H,1-3H3,(H,17,18). The van der Waals surface area contributed by atoms with Gasteiger partial charge in [-0.3, -0.25) is 4.79 Å². The monoisotopic (exact) mass is 257 g/mol. The molecule has 2 rings (SSSR count). The summed E-state index contributed by atoms with van der Waals surface area (Å²) in [5.41, 5.74) is 2.08. The lowest BCUT2D eigenvalue weighted by Gasteiger charge is -2.10. The van der Waals surface area contributed by atoms with Crippen molar-refractivity contribution in [2.75, 3.05) is 12.4 Å². The average Bonchev–Trinajstić information content (AvgIpc) is 2.39. The second-order valence-electron chi connectivity index (χ2n) is 4.18. The Morgan fingerprint density at radius 3 is 2.53 bits per heavy atom. The second-order valence-corrected chi connectivity index (χ2v) is 4.18. The molecule has 0 unspecified atom stereocenters. The first-order chi connectivity index (χ1) is 9.10. The zero-order valence-corrected chi connectivity index (χ0v) is 11.1. The fraction of sp³-hybridized carbons (Fsp3) is 0.214. The van der Waals surface area contributed by atoms with Crippen molar-refractivity contribution in [3.63, 3.8) is 0 Å². The van der Waals surface area contributed by atoms with Gasteiger partial charge in [-0.15, -0.1) is 0 Å². The Hall–Kier alpha value is -2.43. The van der Waals surface area contributed by atoms with Crippen LogP contribution < -0.4 is 10.1 Å². The molecular weight excluding hydrogens is 242 g/mol. The van der Waals surface area contributed by atoms with E-state index < -0.39 is 0 Å². The molecule has 0 spiro atoms. The summed E-state index contributed by atoms with van der Waals surface area (Å²) >= 11 is 0. The maximum atomic E-state index is 12.1. The fourth-order valence-electron chi connectivity index (χ4n) is 1.62. The predicted molar refractivity (Wildman–Crippen MR) is 72.5 cm³/mol. The van der Waals surface area contributed by atoms with Crippen molar-refractivity contribution >= 4 is 11.6 Å². The lowest BCUT2D eigenvalue weighted by atomic mass is 10.2. The number of benzene rings is 1. The minimum Gasteiger partial charge on any atom is -0.495 e. The van der Waals surface area contributed by atoms with Crippen LogP contribution >= 0.6 is 0 Å². The number of hydrogen-bond donors (Lipinski definition) is 1. The summed E-state index contributed by atoms with van der Waals surface area (Å²) in [6.45, 7) is 3.72. The number of methoxy groups -OCH3 is 1. The van der Waals surface area contributed by atoms with Gasteiger partial charge in [0.15, 0.2) is 0 Å². The number of aryl methyl sites for hydroxylation is 2. The number of carbonyl (C=O) groups excluding carboxylic acids is 1. The average molecular weight is 257 g/mol. The summed E-state index contributed by atoms with van der Waals surface area (Å²) in [5.74, 6) is 0.987. The molecule has 1 aromatic carbocycles. The molecule has 5 heteroatoms. The van der Waals surface area contributed by atoms with E-state index in [1.54, 1.807) is 14.0 Å². The van der Waals surface area contributed by atoms with Crippen molar-refractivity contribution < 1.29 is 9.53 Å². The number of hydrogen-bond acceptors (Lipinski definition) is 4.